The summed E-state index contributed by atoms with van der Waals surface area (Å²) in [5, 5.41) is 0.225. The third-order valence-corrected chi connectivity index (χ3v) is 16.1. The lowest BCUT2D eigenvalue weighted by Gasteiger charge is -2.57. The van der Waals surface area contributed by atoms with Gasteiger partial charge < -0.3 is 13.6 Å². The Kier molecular flexibility index (Phi) is 6.59. The molecule has 0 N–H and O–H groups in total. The Morgan fingerprint density at radius 2 is 1.67 bits per heavy atom. The summed E-state index contributed by atoms with van der Waals surface area (Å²) in [6, 6.07) is 0. The van der Waals surface area contributed by atoms with Crippen molar-refractivity contribution in [3.05, 3.63) is 11.6 Å². The lowest BCUT2D eigenvalue weighted by atomic mass is 9.48. The molecule has 0 amide bonds. The van der Waals surface area contributed by atoms with E-state index in [0.717, 1.165) is 25.7 Å². The first-order chi connectivity index (χ1) is 15.1. The lowest BCUT2D eigenvalue weighted by Crippen LogP contribution is -2.54. The smallest absolute Gasteiger partial charge is 0.192 e. The summed E-state index contributed by atoms with van der Waals surface area (Å²) in [6.07, 6.45) is 13.6. The summed E-state index contributed by atoms with van der Waals surface area (Å²) >= 11 is 0. The molecule has 3 saturated carbocycles. The van der Waals surface area contributed by atoms with Gasteiger partial charge in [0, 0.05) is 6.10 Å². The van der Waals surface area contributed by atoms with Crippen LogP contribution in [0.2, 0.25) is 37.8 Å². The van der Waals surface area contributed by atoms with Gasteiger partial charge in [-0.05, 0) is 112 Å². The maximum absolute atomic E-state index is 12.9. The van der Waals surface area contributed by atoms with E-state index in [4.69, 9.17) is 8.85 Å². The number of carbonyl (C=O) groups excluding carboxylic acids is 1. The molecule has 0 spiro atoms. The first kappa shape index (κ1) is 25.8. The van der Waals surface area contributed by atoms with Crippen LogP contribution in [0, 0.1) is 28.6 Å². The third-order valence-electron chi connectivity index (χ3n) is 10.5. The molecule has 0 heterocycles. The molecule has 33 heavy (non-hydrogen) atoms. The maximum atomic E-state index is 12.9. The molecule has 188 valence electrons. The van der Waals surface area contributed by atoms with E-state index < -0.39 is 16.6 Å². The Hall–Kier alpha value is -0.236. The van der Waals surface area contributed by atoms with E-state index in [-0.39, 0.29) is 16.6 Å². The highest BCUT2D eigenvalue weighted by Gasteiger charge is 2.60. The minimum atomic E-state index is -1.80. The van der Waals surface area contributed by atoms with Crippen molar-refractivity contribution in [2.24, 2.45) is 28.6 Å². The quantitative estimate of drug-likeness (QED) is 0.224. The van der Waals surface area contributed by atoms with E-state index >= 15 is 0 Å². The Morgan fingerprint density at radius 3 is 2.27 bits per heavy atom. The van der Waals surface area contributed by atoms with Crippen molar-refractivity contribution in [3.8, 4) is 0 Å². The zero-order valence-electron chi connectivity index (χ0n) is 22.9. The number of fused-ring (bicyclic) bond motifs is 5. The molecule has 0 aromatic rings. The molecule has 5 heteroatoms. The monoisotopic (exact) mass is 490 g/mol. The topological polar surface area (TPSA) is 35.5 Å². The zero-order valence-corrected chi connectivity index (χ0v) is 24.9. The van der Waals surface area contributed by atoms with Gasteiger partial charge in [0.25, 0.3) is 0 Å². The second kappa shape index (κ2) is 8.42. The first-order valence-corrected chi connectivity index (χ1v) is 20.0. The number of allylic oxidation sites excluding steroid dienone is 1. The van der Waals surface area contributed by atoms with Gasteiger partial charge in [-0.3, -0.25) is 0 Å². The predicted molar refractivity (Wildman–Crippen MR) is 142 cm³/mol. The van der Waals surface area contributed by atoms with Crippen LogP contribution >= 0.6 is 0 Å². The molecule has 4 aliphatic carbocycles. The van der Waals surface area contributed by atoms with Gasteiger partial charge in [-0.2, -0.15) is 0 Å². The normalized spacial score (nSPS) is 41.6. The molecule has 0 aromatic carbocycles. The van der Waals surface area contributed by atoms with Crippen LogP contribution in [-0.4, -0.2) is 35.1 Å². The van der Waals surface area contributed by atoms with Crippen LogP contribution in [0.25, 0.3) is 0 Å². The highest BCUT2D eigenvalue weighted by Crippen LogP contribution is 2.65. The summed E-state index contributed by atoms with van der Waals surface area (Å²) in [6.45, 7) is 21.2. The van der Waals surface area contributed by atoms with Crippen molar-refractivity contribution in [2.45, 2.75) is 129 Å². The van der Waals surface area contributed by atoms with Crippen molar-refractivity contribution >= 4 is 22.9 Å². The highest BCUT2D eigenvalue weighted by atomic mass is 28.4. The van der Waals surface area contributed by atoms with Gasteiger partial charge in [-0.25, -0.2) is 0 Å². The number of aldehydes is 1. The summed E-state index contributed by atoms with van der Waals surface area (Å²) in [5.74, 6) is 1.87. The number of carbonyl (C=O) groups is 1. The van der Waals surface area contributed by atoms with Gasteiger partial charge in [0.05, 0.1) is 11.5 Å². The molecule has 0 bridgehead atoms. The lowest BCUT2D eigenvalue weighted by molar-refractivity contribution is -0.127. The minimum Gasteiger partial charge on any atom is -0.414 e. The second-order valence-electron chi connectivity index (χ2n) is 14.6. The summed E-state index contributed by atoms with van der Waals surface area (Å²) < 4.78 is 13.6. The maximum Gasteiger partial charge on any atom is 0.192 e. The van der Waals surface area contributed by atoms with Crippen LogP contribution < -0.4 is 0 Å². The third kappa shape index (κ3) is 4.42. The molecule has 0 aliphatic heterocycles. The van der Waals surface area contributed by atoms with Crippen LogP contribution in [0.3, 0.4) is 0 Å². The van der Waals surface area contributed by atoms with Crippen LogP contribution in [0.1, 0.15) is 79.1 Å². The average molecular weight is 491 g/mol. The molecule has 7 atom stereocenters. The van der Waals surface area contributed by atoms with Crippen LogP contribution in [-0.2, 0) is 13.6 Å². The van der Waals surface area contributed by atoms with Gasteiger partial charge in [0.2, 0.25) is 0 Å². The fourth-order valence-corrected chi connectivity index (χ4v) is 10.4. The van der Waals surface area contributed by atoms with Gasteiger partial charge in [0.15, 0.2) is 16.6 Å². The van der Waals surface area contributed by atoms with E-state index in [0.29, 0.717) is 29.3 Å². The fraction of sp³-hybridized carbons (Fsp3) is 0.893. The summed E-state index contributed by atoms with van der Waals surface area (Å²) in [5.41, 5.74) is 1.49. The van der Waals surface area contributed by atoms with Crippen LogP contribution in [0.4, 0.5) is 0 Å². The van der Waals surface area contributed by atoms with E-state index in [9.17, 15) is 4.79 Å². The van der Waals surface area contributed by atoms with Crippen LogP contribution in [0.15, 0.2) is 11.6 Å². The summed E-state index contributed by atoms with van der Waals surface area (Å²) in [7, 11) is -3.36. The van der Waals surface area contributed by atoms with Crippen molar-refractivity contribution in [3.63, 3.8) is 0 Å². The molecule has 3 fully saturated rings. The Balaban J connectivity index is 1.55. The number of rotatable bonds is 5. The van der Waals surface area contributed by atoms with E-state index in [2.05, 4.69) is 66.5 Å². The highest BCUT2D eigenvalue weighted by molar-refractivity contribution is 6.74. The Morgan fingerprint density at radius 1 is 0.970 bits per heavy atom. The molecule has 4 rings (SSSR count). The van der Waals surface area contributed by atoms with Crippen molar-refractivity contribution in [1.29, 1.82) is 0 Å². The van der Waals surface area contributed by atoms with E-state index in [1.54, 1.807) is 0 Å². The van der Waals surface area contributed by atoms with Crippen LogP contribution in [0.5, 0.6) is 0 Å². The fourth-order valence-electron chi connectivity index (χ4n) is 7.82. The first-order valence-electron chi connectivity index (χ1n) is 13.6. The number of hydrogen-bond donors (Lipinski definition) is 0. The molecule has 1 unspecified atom stereocenters. The largest absolute Gasteiger partial charge is 0.414 e. The van der Waals surface area contributed by atoms with E-state index in [1.807, 2.05) is 0 Å². The Bertz CT molecular complexity index is 792. The van der Waals surface area contributed by atoms with Gasteiger partial charge in [0.1, 0.15) is 6.29 Å². The SMILES string of the molecule is CC(C)(C)[Si](C)(C)OC1CC[C@@]2(C=O)C(=CC[C@H]3[C@@H]4CC[C@H](O[Si](C)(C)C)[C@@]4(C)CC[C@@H]32)C1. The zero-order chi connectivity index (χ0) is 24.4. The molecule has 0 saturated heterocycles. The second-order valence-corrected chi connectivity index (χ2v) is 23.8. The van der Waals surface area contributed by atoms with Crippen molar-refractivity contribution in [1.82, 2.24) is 0 Å². The molecule has 4 aliphatic rings. The van der Waals surface area contributed by atoms with Gasteiger partial charge in [-0.1, -0.05) is 39.3 Å². The molecule has 0 radical (unpaired) electrons. The minimum absolute atomic E-state index is 0.225. The average Bonchev–Trinajstić information content (AvgIpc) is 3.01. The van der Waals surface area contributed by atoms with Gasteiger partial charge >= 0.3 is 0 Å². The number of hydrogen-bond acceptors (Lipinski definition) is 3. The molecular weight excluding hydrogens is 440 g/mol. The van der Waals surface area contributed by atoms with Crippen molar-refractivity contribution in [2.75, 3.05) is 0 Å². The van der Waals surface area contributed by atoms with Gasteiger partial charge in [-0.15, -0.1) is 0 Å². The predicted octanol–water partition coefficient (Wildman–Crippen LogP) is 7.74. The Labute approximate surface area is 205 Å². The van der Waals surface area contributed by atoms with Crippen molar-refractivity contribution < 1.29 is 13.6 Å². The molecule has 3 nitrogen and oxygen atoms in total. The van der Waals surface area contributed by atoms with E-state index in [1.165, 1.54) is 37.5 Å². The molecular formula is C28H50O3Si2. The summed E-state index contributed by atoms with van der Waals surface area (Å²) in [4.78, 5) is 12.9. The molecule has 0 aromatic heterocycles. The standard InChI is InChI=1S/C28H50O3Si2/c1-26(2,3)33(8,9)30-21-14-17-28(19-29)20(18-21)10-11-22-23-12-13-25(31-32(5,6)7)27(23,4)16-15-24(22)28/h10,19,21-25H,11-18H2,1-9H3/t21?,22-,23-,24-,25-,27-,28+/m0/s1.